The minimum Gasteiger partial charge on any atom is -0.465 e. The number of unbranched alkanes of at least 4 members (excludes halogenated alkanes) is 1. The molecule has 0 aliphatic carbocycles. The molecular formula is C19H24O5. The van der Waals surface area contributed by atoms with Gasteiger partial charge in [-0.1, -0.05) is 43.7 Å². The van der Waals surface area contributed by atoms with Crippen molar-refractivity contribution in [2.45, 2.75) is 51.4 Å². The van der Waals surface area contributed by atoms with E-state index in [1.165, 1.54) is 0 Å². The molecule has 0 aromatic heterocycles. The molecule has 5 heteroatoms. The maximum absolute atomic E-state index is 12.5. The van der Waals surface area contributed by atoms with Crippen LogP contribution in [0.4, 0.5) is 0 Å². The summed E-state index contributed by atoms with van der Waals surface area (Å²) in [6.45, 7) is 2.65. The standard InChI is InChI=1S/C19H24O5/c1-2-3-11-22-18(20)16-14-9-10-15(24-14)17(16)19(21)23-12-13-7-5-4-6-8-13/h4-8,14-17H,2-3,9-12H2,1H3. The quantitative estimate of drug-likeness (QED) is 0.567. The van der Waals surface area contributed by atoms with Crippen LogP contribution in [0.5, 0.6) is 0 Å². The molecule has 5 nitrogen and oxygen atoms in total. The van der Waals surface area contributed by atoms with Crippen LogP contribution in [0.25, 0.3) is 0 Å². The molecule has 0 amide bonds. The molecule has 4 unspecified atom stereocenters. The zero-order chi connectivity index (χ0) is 16.9. The van der Waals surface area contributed by atoms with Crippen LogP contribution in [0.3, 0.4) is 0 Å². The summed E-state index contributed by atoms with van der Waals surface area (Å²) in [6.07, 6.45) is 2.97. The summed E-state index contributed by atoms with van der Waals surface area (Å²) in [5, 5.41) is 0. The molecule has 2 aliphatic heterocycles. The lowest BCUT2D eigenvalue weighted by atomic mass is 9.79. The SMILES string of the molecule is CCCCOC(=O)C1C2CCC(O2)C1C(=O)OCc1ccccc1. The van der Waals surface area contributed by atoms with E-state index in [9.17, 15) is 9.59 Å². The average Bonchev–Trinajstić information content (AvgIpc) is 3.22. The van der Waals surface area contributed by atoms with Crippen molar-refractivity contribution in [3.8, 4) is 0 Å². The van der Waals surface area contributed by atoms with E-state index < -0.39 is 11.8 Å². The number of ether oxygens (including phenoxy) is 3. The van der Waals surface area contributed by atoms with Gasteiger partial charge in [0, 0.05) is 0 Å². The van der Waals surface area contributed by atoms with Crippen molar-refractivity contribution in [2.75, 3.05) is 6.61 Å². The average molecular weight is 332 g/mol. The van der Waals surface area contributed by atoms with Crippen molar-refractivity contribution in [1.82, 2.24) is 0 Å². The zero-order valence-electron chi connectivity index (χ0n) is 14.0. The Kier molecular flexibility index (Phi) is 5.51. The molecule has 24 heavy (non-hydrogen) atoms. The Morgan fingerprint density at radius 3 is 2.29 bits per heavy atom. The van der Waals surface area contributed by atoms with E-state index in [0.29, 0.717) is 6.61 Å². The number of hydrogen-bond acceptors (Lipinski definition) is 5. The number of esters is 2. The molecule has 2 saturated heterocycles. The van der Waals surface area contributed by atoms with Gasteiger partial charge in [-0.3, -0.25) is 9.59 Å². The molecule has 130 valence electrons. The third-order valence-corrected chi connectivity index (χ3v) is 4.78. The Labute approximate surface area is 142 Å². The lowest BCUT2D eigenvalue weighted by Gasteiger charge is -2.24. The van der Waals surface area contributed by atoms with Crippen LogP contribution in [0, 0.1) is 11.8 Å². The summed E-state index contributed by atoms with van der Waals surface area (Å²) in [7, 11) is 0. The molecule has 2 fully saturated rings. The minimum atomic E-state index is -0.540. The van der Waals surface area contributed by atoms with E-state index in [4.69, 9.17) is 14.2 Å². The van der Waals surface area contributed by atoms with Crippen LogP contribution in [-0.4, -0.2) is 30.8 Å². The van der Waals surface area contributed by atoms with Crippen molar-refractivity contribution >= 4 is 11.9 Å². The third kappa shape index (κ3) is 3.61. The Morgan fingerprint density at radius 2 is 1.67 bits per heavy atom. The highest BCUT2D eigenvalue weighted by Gasteiger charge is 2.56. The van der Waals surface area contributed by atoms with Crippen LogP contribution < -0.4 is 0 Å². The zero-order valence-corrected chi connectivity index (χ0v) is 14.0. The lowest BCUT2D eigenvalue weighted by molar-refractivity contribution is -0.162. The molecule has 0 spiro atoms. The van der Waals surface area contributed by atoms with Gasteiger partial charge in [0.05, 0.1) is 30.7 Å². The Bertz CT molecular complexity index is 570. The first-order valence-electron chi connectivity index (χ1n) is 8.73. The first kappa shape index (κ1) is 17.0. The van der Waals surface area contributed by atoms with Gasteiger partial charge in [-0.15, -0.1) is 0 Å². The number of rotatable bonds is 7. The van der Waals surface area contributed by atoms with E-state index in [1.54, 1.807) is 0 Å². The summed E-state index contributed by atoms with van der Waals surface area (Å²) in [6, 6.07) is 9.52. The van der Waals surface area contributed by atoms with E-state index in [1.807, 2.05) is 37.3 Å². The number of carbonyl (C=O) groups excluding carboxylic acids is 2. The second-order valence-electron chi connectivity index (χ2n) is 6.46. The predicted octanol–water partition coefficient (Wildman–Crippen LogP) is 2.87. The van der Waals surface area contributed by atoms with Crippen molar-refractivity contribution in [1.29, 1.82) is 0 Å². The molecule has 2 aliphatic rings. The second kappa shape index (κ2) is 7.79. The van der Waals surface area contributed by atoms with E-state index >= 15 is 0 Å². The summed E-state index contributed by atoms with van der Waals surface area (Å²) < 4.78 is 16.6. The maximum atomic E-state index is 12.5. The number of carbonyl (C=O) groups is 2. The largest absolute Gasteiger partial charge is 0.465 e. The van der Waals surface area contributed by atoms with Crippen LogP contribution in [0.15, 0.2) is 30.3 Å². The van der Waals surface area contributed by atoms with Gasteiger partial charge in [0.25, 0.3) is 0 Å². The van der Waals surface area contributed by atoms with Crippen LogP contribution >= 0.6 is 0 Å². The van der Waals surface area contributed by atoms with Gasteiger partial charge in [0.15, 0.2) is 0 Å². The Balaban J connectivity index is 1.61. The predicted molar refractivity (Wildman–Crippen MR) is 87.0 cm³/mol. The molecule has 0 saturated carbocycles. The number of hydrogen-bond donors (Lipinski definition) is 0. The summed E-state index contributed by atoms with van der Waals surface area (Å²) >= 11 is 0. The highest BCUT2D eigenvalue weighted by atomic mass is 16.6. The van der Waals surface area contributed by atoms with E-state index in [2.05, 4.69) is 0 Å². The van der Waals surface area contributed by atoms with Gasteiger partial charge < -0.3 is 14.2 Å². The van der Waals surface area contributed by atoms with Crippen molar-refractivity contribution in [2.24, 2.45) is 11.8 Å². The minimum absolute atomic E-state index is 0.210. The van der Waals surface area contributed by atoms with Crippen molar-refractivity contribution in [3.63, 3.8) is 0 Å². The molecule has 1 aromatic carbocycles. The topological polar surface area (TPSA) is 61.8 Å². The molecule has 3 rings (SSSR count). The molecule has 1 aromatic rings. The number of fused-ring (bicyclic) bond motifs is 2. The van der Waals surface area contributed by atoms with Gasteiger partial charge in [0.2, 0.25) is 0 Å². The van der Waals surface area contributed by atoms with Crippen LogP contribution in [0.1, 0.15) is 38.2 Å². The molecule has 0 radical (unpaired) electrons. The van der Waals surface area contributed by atoms with Gasteiger partial charge in [0.1, 0.15) is 6.61 Å². The molecule has 0 N–H and O–H groups in total. The maximum Gasteiger partial charge on any atom is 0.312 e. The van der Waals surface area contributed by atoms with E-state index in [-0.39, 0.29) is 30.8 Å². The second-order valence-corrected chi connectivity index (χ2v) is 6.46. The summed E-state index contributed by atoms with van der Waals surface area (Å²) in [4.78, 5) is 24.9. The fraction of sp³-hybridized carbons (Fsp3) is 0.579. The van der Waals surface area contributed by atoms with Gasteiger partial charge >= 0.3 is 11.9 Å². The Morgan fingerprint density at radius 1 is 1.04 bits per heavy atom. The summed E-state index contributed by atoms with van der Waals surface area (Å²) in [5.74, 6) is -1.74. The highest BCUT2D eigenvalue weighted by Crippen LogP contribution is 2.44. The lowest BCUT2D eigenvalue weighted by Crippen LogP contribution is -2.40. The van der Waals surface area contributed by atoms with E-state index in [0.717, 1.165) is 31.2 Å². The van der Waals surface area contributed by atoms with Gasteiger partial charge in [-0.25, -0.2) is 0 Å². The normalized spacial score (nSPS) is 27.9. The number of benzene rings is 1. The van der Waals surface area contributed by atoms with Crippen molar-refractivity contribution < 1.29 is 23.8 Å². The van der Waals surface area contributed by atoms with Crippen LogP contribution in [0.2, 0.25) is 0 Å². The first-order valence-corrected chi connectivity index (χ1v) is 8.73. The summed E-state index contributed by atoms with van der Waals surface area (Å²) in [5.41, 5.74) is 0.928. The Hall–Kier alpha value is -1.88. The molecule has 2 bridgehead atoms. The molecule has 4 atom stereocenters. The smallest absolute Gasteiger partial charge is 0.312 e. The van der Waals surface area contributed by atoms with Gasteiger partial charge in [-0.05, 0) is 24.8 Å². The molecular weight excluding hydrogens is 308 g/mol. The molecule has 2 heterocycles. The fourth-order valence-electron chi connectivity index (χ4n) is 3.52. The third-order valence-electron chi connectivity index (χ3n) is 4.78. The van der Waals surface area contributed by atoms with Crippen LogP contribution in [-0.2, 0) is 30.4 Å². The fourth-order valence-corrected chi connectivity index (χ4v) is 3.52. The first-order chi connectivity index (χ1) is 11.7. The highest BCUT2D eigenvalue weighted by molar-refractivity contribution is 5.84. The van der Waals surface area contributed by atoms with Gasteiger partial charge in [-0.2, -0.15) is 0 Å². The van der Waals surface area contributed by atoms with Crippen molar-refractivity contribution in [3.05, 3.63) is 35.9 Å². The monoisotopic (exact) mass is 332 g/mol.